The van der Waals surface area contributed by atoms with Crippen LogP contribution in [0.5, 0.6) is 0 Å². The van der Waals surface area contributed by atoms with Crippen LogP contribution in [0.1, 0.15) is 61.3 Å². The maximum Gasteiger partial charge on any atom is 0.302 e. The van der Waals surface area contributed by atoms with Crippen molar-refractivity contribution in [1.29, 1.82) is 0 Å². The molecule has 0 saturated carbocycles. The van der Waals surface area contributed by atoms with Gasteiger partial charge in [0.2, 0.25) is 6.17 Å². The molecule has 98 heavy (non-hydrogen) atoms. The van der Waals surface area contributed by atoms with E-state index in [0.717, 1.165) is 149 Å². The monoisotopic (exact) mass is 1320 g/mol. The minimum Gasteiger partial charge on any atom is -0.466 e. The SMILES string of the molecule is CC(=O)OCCCCn1cc(C2=[C]C3=C(c4cn(CCN5CCOCC5)c5ncccc45)C(c4cn(CCCN(C)C)c5ncccc45)=C(c4cn(COCCO)c5ncccc45)N(c4cn(CCCCO)c5ncccc45)C3[N+]2(CCO)c2c[nH]c3ncccc23)c2cccnc21. The lowest BCUT2D eigenvalue weighted by molar-refractivity contribution is -0.141. The lowest BCUT2D eigenvalue weighted by Gasteiger charge is -2.49. The molecule has 1 fully saturated rings. The number of allylic oxidation sites excluding steroid dienone is 2. The Labute approximate surface area is 567 Å². The molecule has 4 N–H and O–H groups in total. The average molecular weight is 1320 g/mol. The lowest BCUT2D eigenvalue weighted by atomic mass is 9.81. The van der Waals surface area contributed by atoms with Crippen LogP contribution in [0.4, 0.5) is 11.4 Å². The molecule has 2 atom stereocenters. The minimum absolute atomic E-state index is 0.0199. The zero-order chi connectivity index (χ0) is 66.9. The first-order valence-electron chi connectivity index (χ1n) is 34.1. The number of nitrogens with one attached hydrogen (secondary N) is 1. The lowest BCUT2D eigenvalue weighted by Crippen LogP contribution is -2.62. The van der Waals surface area contributed by atoms with Gasteiger partial charge in [-0.2, -0.15) is 0 Å². The summed E-state index contributed by atoms with van der Waals surface area (Å²) in [5.41, 5.74) is 14.1. The van der Waals surface area contributed by atoms with Crippen molar-refractivity contribution in [3.8, 4) is 0 Å². The normalized spacial score (nSPS) is 17.0. The number of aryl methyl sites for hydroxylation is 3. The fraction of sp³-hybridized carbons (Fsp3) is 0.347. The molecule has 15 rings (SSSR count). The third-order valence-corrected chi connectivity index (χ3v) is 19.5. The van der Waals surface area contributed by atoms with Gasteiger partial charge in [0.25, 0.3) is 0 Å². The topological polar surface area (TPSA) is 233 Å². The van der Waals surface area contributed by atoms with Gasteiger partial charge in [0, 0.05) is 182 Å². The highest BCUT2D eigenvalue weighted by Gasteiger charge is 2.60. The first-order valence-corrected chi connectivity index (χ1v) is 34.1. The number of hydrogen-bond donors (Lipinski definition) is 4. The van der Waals surface area contributed by atoms with Crippen LogP contribution >= 0.6 is 0 Å². The first kappa shape index (κ1) is 64.3. The largest absolute Gasteiger partial charge is 0.466 e. The summed E-state index contributed by atoms with van der Waals surface area (Å²) in [6.45, 7) is 8.78. The summed E-state index contributed by atoms with van der Waals surface area (Å²) >= 11 is 0. The van der Waals surface area contributed by atoms with Gasteiger partial charge in [-0.15, -0.1) is 0 Å². The molecule has 1 saturated heterocycles. The standard InChI is InChI=1S/C75H82N16O7/c1-51(95)98-39-7-5-29-85-45-59(52-15-8-22-77-70(52)85)64-43-58-66(60-46-88(72-53(60)16-9-24-79-72)32-31-84-33-40-96-41-34-84)67(61-47-86(30-14-27-83(2)3)71-54(61)17-10-23-78-71)68(62-48-89(50-97-42-38-94)73-55(62)18-11-25-80-73)90(63-49-87(28-4-6-36-92)74-56(63)19-12-26-81-74)75(58)91(64,35-37-93)65-44-82-69-57(65)20-13-21-76-69/h8-13,15-26,44-49,75,92-94H,4-7,14,27-42,50H2,1-3H3,(H,76,82)/q+1. The third kappa shape index (κ3) is 11.6. The molecule has 0 bridgehead atoms. The number of morpholine rings is 1. The van der Waals surface area contributed by atoms with E-state index >= 15 is 0 Å². The summed E-state index contributed by atoms with van der Waals surface area (Å²) in [6, 6.07) is 24.9. The molecular weight excluding hydrogens is 1240 g/mol. The number of aromatic nitrogens is 12. The number of rotatable bonds is 28. The van der Waals surface area contributed by atoms with Gasteiger partial charge < -0.3 is 62.2 Å². The number of pyridine rings is 6. The highest BCUT2D eigenvalue weighted by atomic mass is 16.5. The molecule has 12 aromatic rings. The molecule has 2 unspecified atom stereocenters. The number of carbonyl (C=O) groups is 1. The molecule has 0 amide bonds. The summed E-state index contributed by atoms with van der Waals surface area (Å²) in [7, 11) is 4.21. The molecule has 15 heterocycles. The van der Waals surface area contributed by atoms with Gasteiger partial charge in [0.1, 0.15) is 47.2 Å². The Balaban J connectivity index is 1.14. The van der Waals surface area contributed by atoms with Crippen LogP contribution in [0.25, 0.3) is 88.7 Å². The van der Waals surface area contributed by atoms with Gasteiger partial charge >= 0.3 is 5.97 Å². The van der Waals surface area contributed by atoms with Crippen molar-refractivity contribution in [2.75, 3.05) is 98.0 Å². The van der Waals surface area contributed by atoms with Crippen molar-refractivity contribution in [2.24, 2.45) is 0 Å². The predicted octanol–water partition coefficient (Wildman–Crippen LogP) is 9.70. The van der Waals surface area contributed by atoms with Crippen LogP contribution in [0.3, 0.4) is 0 Å². The van der Waals surface area contributed by atoms with Crippen LogP contribution in [-0.4, -0.2) is 188 Å². The second-order valence-corrected chi connectivity index (χ2v) is 25.8. The van der Waals surface area contributed by atoms with E-state index in [2.05, 4.69) is 132 Å². The summed E-state index contributed by atoms with van der Waals surface area (Å²) in [5, 5.41) is 38.5. The Hall–Kier alpha value is -9.69. The van der Waals surface area contributed by atoms with E-state index in [-0.39, 0.29) is 50.2 Å². The Morgan fingerprint density at radius 3 is 1.77 bits per heavy atom. The van der Waals surface area contributed by atoms with Gasteiger partial charge in [-0.25, -0.2) is 34.4 Å². The minimum atomic E-state index is -0.823. The highest BCUT2D eigenvalue weighted by Crippen LogP contribution is 2.60. The third-order valence-electron chi connectivity index (χ3n) is 19.5. The molecule has 12 aromatic heterocycles. The van der Waals surface area contributed by atoms with Crippen LogP contribution in [0, 0.1) is 6.08 Å². The van der Waals surface area contributed by atoms with E-state index in [9.17, 15) is 20.1 Å². The highest BCUT2D eigenvalue weighted by molar-refractivity contribution is 6.28. The fourth-order valence-corrected chi connectivity index (χ4v) is 15.2. The van der Waals surface area contributed by atoms with Crippen LogP contribution in [0.15, 0.2) is 153 Å². The average Bonchev–Trinajstić information content (AvgIpc) is 1.49. The molecular formula is C75H82N16O7+. The number of carbonyl (C=O) groups excluding carboxylic acids is 1. The maximum absolute atomic E-state index is 12.6. The summed E-state index contributed by atoms with van der Waals surface area (Å²) in [4.78, 5) is 53.9. The van der Waals surface area contributed by atoms with Crippen molar-refractivity contribution in [3.05, 3.63) is 181 Å². The maximum atomic E-state index is 12.6. The molecule has 503 valence electrons. The van der Waals surface area contributed by atoms with E-state index in [1.165, 1.54) is 6.92 Å². The molecule has 0 aromatic carbocycles. The van der Waals surface area contributed by atoms with E-state index in [1.807, 2.05) is 71.9 Å². The number of ether oxygens (including phenoxy) is 3. The molecule has 0 spiro atoms. The number of fused-ring (bicyclic) bond motifs is 7. The second kappa shape index (κ2) is 28.0. The number of aliphatic hydroxyl groups is 3. The summed E-state index contributed by atoms with van der Waals surface area (Å²) in [5.74, 6) is -0.312. The number of anilines is 1. The zero-order valence-electron chi connectivity index (χ0n) is 55.7. The van der Waals surface area contributed by atoms with Crippen molar-refractivity contribution in [2.45, 2.75) is 78.1 Å². The molecule has 23 heteroatoms. The Bertz CT molecular complexity index is 5000. The number of esters is 1. The summed E-state index contributed by atoms with van der Waals surface area (Å²) < 4.78 is 28.7. The van der Waals surface area contributed by atoms with E-state index < -0.39 is 6.17 Å². The van der Waals surface area contributed by atoms with Gasteiger partial charge in [-0.3, -0.25) is 14.6 Å². The quantitative estimate of drug-likeness (QED) is 0.0203. The fourth-order valence-electron chi connectivity index (χ4n) is 15.2. The zero-order valence-corrected chi connectivity index (χ0v) is 55.7. The van der Waals surface area contributed by atoms with Gasteiger partial charge in [-0.1, -0.05) is 0 Å². The number of quaternary nitrogens is 1. The number of aromatic amines is 1. The van der Waals surface area contributed by atoms with E-state index in [4.69, 9.17) is 44.1 Å². The van der Waals surface area contributed by atoms with Crippen LogP contribution in [0.2, 0.25) is 0 Å². The Morgan fingerprint density at radius 1 is 0.592 bits per heavy atom. The molecule has 3 aliphatic rings. The van der Waals surface area contributed by atoms with Crippen LogP contribution < -0.4 is 9.38 Å². The van der Waals surface area contributed by atoms with Crippen LogP contribution in [-0.2, 0) is 51.9 Å². The van der Waals surface area contributed by atoms with Crippen molar-refractivity contribution < 1.29 is 34.3 Å². The van der Waals surface area contributed by atoms with E-state index in [1.54, 1.807) is 6.20 Å². The van der Waals surface area contributed by atoms with Crippen molar-refractivity contribution in [3.63, 3.8) is 0 Å². The molecule has 23 nitrogen and oxygen atoms in total. The Morgan fingerprint density at radius 2 is 1.13 bits per heavy atom. The van der Waals surface area contributed by atoms with Gasteiger partial charge in [0.15, 0.2) is 11.4 Å². The molecule has 3 aliphatic heterocycles. The Kier molecular flexibility index (Phi) is 18.4. The first-order chi connectivity index (χ1) is 48.2. The van der Waals surface area contributed by atoms with Crippen molar-refractivity contribution in [1.82, 2.24) is 72.0 Å². The number of hydrogen-bond acceptors (Lipinski definition) is 16. The molecule has 0 aliphatic carbocycles. The van der Waals surface area contributed by atoms with E-state index in [0.29, 0.717) is 83.0 Å². The van der Waals surface area contributed by atoms with Gasteiger partial charge in [0.05, 0.1) is 79.8 Å². The number of unbranched alkanes of at least 4 members (excludes halogenated alkanes) is 2. The summed E-state index contributed by atoms with van der Waals surface area (Å²) in [6.07, 6.45) is 31.4. The molecule has 1 radical (unpaired) electrons. The van der Waals surface area contributed by atoms with Crippen molar-refractivity contribution >= 4 is 106 Å². The number of aliphatic hydroxyl groups excluding tert-OH is 3. The van der Waals surface area contributed by atoms with Gasteiger partial charge in [-0.05, 0) is 126 Å². The predicted molar refractivity (Wildman–Crippen MR) is 381 cm³/mol. The number of H-pyrrole nitrogens is 1. The smallest absolute Gasteiger partial charge is 0.302 e. The number of nitrogens with zero attached hydrogens (tertiary/aromatic N) is 15. The second-order valence-electron chi connectivity index (χ2n) is 25.8.